The summed E-state index contributed by atoms with van der Waals surface area (Å²) < 4.78 is 25.6. The highest BCUT2D eigenvalue weighted by atomic mass is 35.5. The number of benzene rings is 2. The van der Waals surface area contributed by atoms with E-state index in [1.165, 1.54) is 11.1 Å². The van der Waals surface area contributed by atoms with Crippen molar-refractivity contribution in [1.82, 2.24) is 42.1 Å². The normalized spacial score (nSPS) is 29.4. The molecule has 2 fully saturated rings. The van der Waals surface area contributed by atoms with Crippen molar-refractivity contribution in [3.63, 3.8) is 0 Å². The Labute approximate surface area is 346 Å². The Morgan fingerprint density at radius 1 is 0.789 bits per heavy atom. The molecule has 7 atom stereocenters. The zero-order valence-corrected chi connectivity index (χ0v) is 35.1. The molecule has 6 aliphatic rings. The number of fused-ring (bicyclic) bond motifs is 2. The van der Waals surface area contributed by atoms with Crippen LogP contribution in [0.5, 0.6) is 23.0 Å². The van der Waals surface area contributed by atoms with Gasteiger partial charge in [-0.3, -0.25) is 26.6 Å². The molecule has 16 heteroatoms. The molecule has 0 saturated carbocycles. The van der Waals surface area contributed by atoms with Crippen LogP contribution in [0.2, 0.25) is 10.0 Å². The van der Waals surface area contributed by atoms with Crippen LogP contribution in [0, 0.1) is 0 Å². The molecule has 2 aromatic rings. The molecular weight excluding hydrogens is 767 g/mol. The fourth-order valence-corrected chi connectivity index (χ4v) is 9.32. The van der Waals surface area contributed by atoms with Gasteiger partial charge in [0.2, 0.25) is 0 Å². The van der Waals surface area contributed by atoms with Gasteiger partial charge in [-0.1, -0.05) is 35.4 Å². The monoisotopic (exact) mass is 826 g/mol. The molecule has 0 aliphatic carbocycles. The number of allylic oxidation sites excluding steroid dienone is 2. The Morgan fingerprint density at radius 2 is 1.44 bits per heavy atom. The minimum absolute atomic E-state index is 0.00785. The summed E-state index contributed by atoms with van der Waals surface area (Å²) in [4.78, 5) is 2.32. The van der Waals surface area contributed by atoms with E-state index >= 15 is 0 Å². The summed E-state index contributed by atoms with van der Waals surface area (Å²) >= 11 is 14.5. The van der Waals surface area contributed by atoms with E-state index in [1.54, 1.807) is 0 Å². The summed E-state index contributed by atoms with van der Waals surface area (Å²) in [5.74, 6) is 2.85. The number of hydrogen-bond donors (Lipinski definition) is 9. The predicted octanol–water partition coefficient (Wildman–Crippen LogP) is 4.28. The summed E-state index contributed by atoms with van der Waals surface area (Å²) in [5, 5.41) is 33.6. The van der Waals surface area contributed by atoms with Gasteiger partial charge < -0.3 is 45.1 Å². The molecule has 2 saturated heterocycles. The van der Waals surface area contributed by atoms with Gasteiger partial charge in [-0.2, -0.15) is 0 Å². The van der Waals surface area contributed by atoms with Gasteiger partial charge in [-0.05, 0) is 90.7 Å². The Bertz CT molecular complexity index is 1820. The Morgan fingerprint density at radius 3 is 2.19 bits per heavy atom. The van der Waals surface area contributed by atoms with E-state index < -0.39 is 0 Å². The molecule has 6 aliphatic heterocycles. The van der Waals surface area contributed by atoms with E-state index in [1.807, 2.05) is 19.2 Å². The molecule has 14 nitrogen and oxygen atoms in total. The molecule has 8 rings (SSSR count). The number of likely N-dealkylation sites (N-methyl/N-ethyl adjacent to an activating group) is 1. The molecule has 7 unspecified atom stereocenters. The lowest BCUT2D eigenvalue weighted by Gasteiger charge is -2.39. The summed E-state index contributed by atoms with van der Waals surface area (Å²) in [5.41, 5.74) is 5.79. The van der Waals surface area contributed by atoms with Crippen LogP contribution in [0.1, 0.15) is 63.5 Å². The highest BCUT2D eigenvalue weighted by molar-refractivity contribution is 6.36. The summed E-state index contributed by atoms with van der Waals surface area (Å²) in [6.07, 6.45) is 9.74. The quantitative estimate of drug-likeness (QED) is 0.168. The van der Waals surface area contributed by atoms with Crippen LogP contribution in [0.3, 0.4) is 0 Å². The number of anilines is 2. The largest absolute Gasteiger partial charge is 0.486 e. The average molecular weight is 828 g/mol. The van der Waals surface area contributed by atoms with Crippen LogP contribution in [-0.4, -0.2) is 115 Å². The highest BCUT2D eigenvalue weighted by Crippen LogP contribution is 2.49. The van der Waals surface area contributed by atoms with Gasteiger partial charge in [0.15, 0.2) is 23.0 Å². The summed E-state index contributed by atoms with van der Waals surface area (Å²) in [6, 6.07) is 4.48. The number of ether oxygens (including phenoxy) is 4. The van der Waals surface area contributed by atoms with Gasteiger partial charge in [0, 0.05) is 55.0 Å². The molecule has 0 bridgehead atoms. The second-order valence-electron chi connectivity index (χ2n) is 16.2. The fourth-order valence-electron chi connectivity index (χ4n) is 8.68. The molecule has 57 heavy (non-hydrogen) atoms. The Kier molecular flexibility index (Phi) is 13.2. The number of hydrogen-bond acceptors (Lipinski definition) is 14. The second kappa shape index (κ2) is 18.5. The minimum Gasteiger partial charge on any atom is -0.486 e. The first kappa shape index (κ1) is 40.7. The standard InChI is InChI=1S/C41H60Cl2N10O4/c1-23-17-32(44-3)51-40(47-23)50-29-20-31-39(34(37(29)43)25-7-5-11-45-12-9-25)56-22-27(57-31)21-46-33-18-24(2)48-41(52-33)49-28-19-30-38(55-16-15-54-30)35(36(28)42)26-8-6-13-53(4)14-10-26/h9-10,19-20,23-24,27,32-33,40-41,44-52H,5-8,11-18,21-22H2,1-4H3. The second-order valence-corrected chi connectivity index (χ2v) is 16.9. The smallest absolute Gasteiger partial charge is 0.170 e. The number of rotatable bonds is 10. The molecule has 0 aromatic heterocycles. The zero-order chi connectivity index (χ0) is 39.5. The Hall–Kier alpha value is -3.02. The third-order valence-electron chi connectivity index (χ3n) is 11.6. The molecule has 0 spiro atoms. The van der Waals surface area contributed by atoms with Crippen molar-refractivity contribution in [2.45, 2.75) is 95.5 Å². The minimum atomic E-state index is -0.259. The molecule has 0 amide bonds. The summed E-state index contributed by atoms with van der Waals surface area (Å²) in [6.45, 7) is 10.0. The number of nitrogens with zero attached hydrogens (tertiary/aromatic N) is 1. The highest BCUT2D eigenvalue weighted by Gasteiger charge is 2.33. The van der Waals surface area contributed by atoms with Crippen molar-refractivity contribution in [3.8, 4) is 23.0 Å². The van der Waals surface area contributed by atoms with Crippen molar-refractivity contribution in [1.29, 1.82) is 0 Å². The maximum atomic E-state index is 7.26. The maximum absolute atomic E-state index is 7.26. The lowest BCUT2D eigenvalue weighted by atomic mass is 9.98. The third kappa shape index (κ3) is 9.57. The summed E-state index contributed by atoms with van der Waals surface area (Å²) in [7, 11) is 4.12. The van der Waals surface area contributed by atoms with Crippen molar-refractivity contribution in [2.24, 2.45) is 0 Å². The first-order chi connectivity index (χ1) is 27.7. The van der Waals surface area contributed by atoms with Crippen molar-refractivity contribution in [2.75, 3.05) is 77.3 Å². The molecule has 6 heterocycles. The molecular formula is C41H60Cl2N10O4. The van der Waals surface area contributed by atoms with Gasteiger partial charge in [-0.25, -0.2) is 0 Å². The molecule has 9 N–H and O–H groups in total. The van der Waals surface area contributed by atoms with Crippen molar-refractivity contribution < 1.29 is 18.9 Å². The van der Waals surface area contributed by atoms with Gasteiger partial charge >= 0.3 is 0 Å². The van der Waals surface area contributed by atoms with Gasteiger partial charge in [0.25, 0.3) is 0 Å². The van der Waals surface area contributed by atoms with Crippen LogP contribution < -0.4 is 66.8 Å². The number of nitrogens with one attached hydrogen (secondary N) is 9. The molecule has 0 radical (unpaired) electrons. The third-order valence-corrected chi connectivity index (χ3v) is 12.4. The lowest BCUT2D eigenvalue weighted by molar-refractivity contribution is 0.0835. The lowest BCUT2D eigenvalue weighted by Crippen LogP contribution is -2.65. The average Bonchev–Trinajstić information content (AvgIpc) is 3.60. The van der Waals surface area contributed by atoms with Crippen LogP contribution >= 0.6 is 23.2 Å². The van der Waals surface area contributed by atoms with Crippen LogP contribution in [0.4, 0.5) is 11.4 Å². The predicted molar refractivity (Wildman–Crippen MR) is 229 cm³/mol. The molecule has 312 valence electrons. The van der Waals surface area contributed by atoms with Gasteiger partial charge in [0.1, 0.15) is 38.5 Å². The van der Waals surface area contributed by atoms with Crippen LogP contribution in [-0.2, 0) is 0 Å². The van der Waals surface area contributed by atoms with E-state index in [-0.39, 0.29) is 37.1 Å². The van der Waals surface area contributed by atoms with E-state index in [0.717, 1.165) is 93.0 Å². The first-order valence-electron chi connectivity index (χ1n) is 20.8. The first-order valence-corrected chi connectivity index (χ1v) is 21.5. The fraction of sp³-hybridized carbons (Fsp3) is 0.610. The number of halogens is 2. The van der Waals surface area contributed by atoms with E-state index in [4.69, 9.17) is 42.1 Å². The van der Waals surface area contributed by atoms with E-state index in [0.29, 0.717) is 59.7 Å². The SMILES string of the molecule is CNC1CC(C)NC(Nc2cc3c(c(C4=CCNCCC4)c2Cl)OCC(CNC2CC(C)NC(Nc4cc5c(c(C6=CCN(C)CCC6)c4Cl)OCCO5)N2)O3)N1. The van der Waals surface area contributed by atoms with Gasteiger partial charge in [-0.15, -0.1) is 0 Å². The van der Waals surface area contributed by atoms with Crippen LogP contribution in [0.15, 0.2) is 24.3 Å². The zero-order valence-electron chi connectivity index (χ0n) is 33.6. The molecule has 2 aromatic carbocycles. The van der Waals surface area contributed by atoms with Crippen LogP contribution in [0.25, 0.3) is 11.1 Å². The van der Waals surface area contributed by atoms with E-state index in [2.05, 4.69) is 85.8 Å². The van der Waals surface area contributed by atoms with Crippen molar-refractivity contribution >= 4 is 45.7 Å². The van der Waals surface area contributed by atoms with Crippen molar-refractivity contribution in [3.05, 3.63) is 45.5 Å². The van der Waals surface area contributed by atoms with Gasteiger partial charge in [0.05, 0.1) is 33.8 Å². The topological polar surface area (TPSA) is 148 Å². The maximum Gasteiger partial charge on any atom is 0.170 e. The van der Waals surface area contributed by atoms with E-state index in [9.17, 15) is 0 Å². The Balaban J connectivity index is 0.968.